The standard InChI is InChI=1S/C18H26BrNS/c1-11-4-13(21-15(11)19)14(20)18-7-12-5-16(2,9-18)8-17(3,6-12)10-18/h4,12,14H,5-10,20H2,1-3H3. The molecule has 1 aromatic rings. The van der Waals surface area contributed by atoms with E-state index in [4.69, 9.17) is 5.73 Å². The van der Waals surface area contributed by atoms with Gasteiger partial charge in [-0.15, -0.1) is 11.3 Å². The lowest BCUT2D eigenvalue weighted by Crippen LogP contribution is -2.57. The van der Waals surface area contributed by atoms with E-state index in [1.54, 1.807) is 0 Å². The summed E-state index contributed by atoms with van der Waals surface area (Å²) in [6.07, 6.45) is 8.39. The molecule has 0 radical (unpaired) electrons. The fourth-order valence-electron chi connectivity index (χ4n) is 6.82. The van der Waals surface area contributed by atoms with Gasteiger partial charge in [-0.05, 0) is 95.2 Å². The van der Waals surface area contributed by atoms with E-state index in [0.29, 0.717) is 16.2 Å². The van der Waals surface area contributed by atoms with Crippen LogP contribution in [0.4, 0.5) is 0 Å². The maximum absolute atomic E-state index is 6.88. The average Bonchev–Trinajstić information content (AvgIpc) is 2.64. The van der Waals surface area contributed by atoms with Gasteiger partial charge >= 0.3 is 0 Å². The Bertz CT molecular complexity index is 555. The highest BCUT2D eigenvalue weighted by atomic mass is 79.9. The molecule has 21 heavy (non-hydrogen) atoms. The van der Waals surface area contributed by atoms with Crippen molar-refractivity contribution in [3.8, 4) is 0 Å². The number of aryl methyl sites for hydroxylation is 1. The quantitative estimate of drug-likeness (QED) is 0.700. The van der Waals surface area contributed by atoms with Crippen LogP contribution in [-0.4, -0.2) is 0 Å². The summed E-state index contributed by atoms with van der Waals surface area (Å²) < 4.78 is 1.26. The molecule has 4 aliphatic carbocycles. The third-order valence-corrected chi connectivity index (χ3v) is 8.73. The Kier molecular flexibility index (Phi) is 3.05. The van der Waals surface area contributed by atoms with Crippen LogP contribution < -0.4 is 5.73 Å². The Hall–Kier alpha value is 0.140. The van der Waals surface area contributed by atoms with Gasteiger partial charge in [-0.1, -0.05) is 13.8 Å². The second-order valence-corrected chi connectivity index (χ2v) is 11.5. The number of thiophene rings is 1. The van der Waals surface area contributed by atoms with Gasteiger partial charge in [-0.25, -0.2) is 0 Å². The van der Waals surface area contributed by atoms with E-state index in [9.17, 15) is 0 Å². The van der Waals surface area contributed by atoms with E-state index >= 15 is 0 Å². The first-order valence-corrected chi connectivity index (χ1v) is 9.85. The first kappa shape index (κ1) is 14.7. The Balaban J connectivity index is 1.73. The Labute approximate surface area is 140 Å². The van der Waals surface area contributed by atoms with Gasteiger partial charge in [0.2, 0.25) is 0 Å². The highest BCUT2D eigenvalue weighted by Gasteiger charge is 2.61. The number of nitrogens with two attached hydrogens (primary N) is 1. The molecule has 0 saturated heterocycles. The maximum Gasteiger partial charge on any atom is 0.0731 e. The largest absolute Gasteiger partial charge is 0.323 e. The molecule has 4 bridgehead atoms. The maximum atomic E-state index is 6.88. The number of rotatable bonds is 2. The Morgan fingerprint density at radius 2 is 1.81 bits per heavy atom. The summed E-state index contributed by atoms with van der Waals surface area (Å²) in [5, 5.41) is 0. The minimum atomic E-state index is 0.231. The molecule has 5 rings (SSSR count). The lowest BCUT2D eigenvalue weighted by molar-refractivity contribution is -0.154. The number of hydrogen-bond acceptors (Lipinski definition) is 2. The minimum Gasteiger partial charge on any atom is -0.323 e. The van der Waals surface area contributed by atoms with Crippen molar-refractivity contribution in [1.82, 2.24) is 0 Å². The van der Waals surface area contributed by atoms with Gasteiger partial charge in [0.25, 0.3) is 0 Å². The monoisotopic (exact) mass is 367 g/mol. The van der Waals surface area contributed by atoms with Crippen molar-refractivity contribution in [3.05, 3.63) is 20.3 Å². The van der Waals surface area contributed by atoms with Crippen LogP contribution in [0.3, 0.4) is 0 Å². The van der Waals surface area contributed by atoms with Crippen molar-refractivity contribution >= 4 is 27.3 Å². The molecular weight excluding hydrogens is 342 g/mol. The highest BCUT2D eigenvalue weighted by Crippen LogP contribution is 2.72. The zero-order valence-corrected chi connectivity index (χ0v) is 15.7. The molecule has 3 heteroatoms. The first-order valence-electron chi connectivity index (χ1n) is 8.24. The van der Waals surface area contributed by atoms with E-state index in [-0.39, 0.29) is 6.04 Å². The van der Waals surface area contributed by atoms with E-state index in [1.165, 1.54) is 52.8 Å². The molecule has 1 nitrogen and oxygen atoms in total. The Morgan fingerprint density at radius 3 is 2.29 bits per heavy atom. The predicted octanol–water partition coefficient (Wildman–Crippen LogP) is 5.82. The molecule has 4 saturated carbocycles. The van der Waals surface area contributed by atoms with E-state index in [1.807, 2.05) is 11.3 Å². The molecule has 0 aromatic carbocycles. The summed E-state index contributed by atoms with van der Waals surface area (Å²) in [6.45, 7) is 7.25. The van der Waals surface area contributed by atoms with Crippen LogP contribution in [0, 0.1) is 29.1 Å². The third-order valence-electron chi connectivity index (χ3n) is 6.51. The zero-order valence-electron chi connectivity index (χ0n) is 13.3. The molecule has 0 aliphatic heterocycles. The lowest BCUT2D eigenvalue weighted by Gasteiger charge is -2.66. The van der Waals surface area contributed by atoms with Gasteiger partial charge in [0.1, 0.15) is 0 Å². The minimum absolute atomic E-state index is 0.231. The molecule has 3 unspecified atom stereocenters. The molecule has 0 spiro atoms. The third kappa shape index (κ3) is 2.18. The second kappa shape index (κ2) is 4.36. The van der Waals surface area contributed by atoms with E-state index < -0.39 is 0 Å². The molecule has 1 heterocycles. The molecule has 1 aromatic heterocycles. The molecule has 4 fully saturated rings. The second-order valence-electron chi connectivity index (χ2n) is 9.08. The van der Waals surface area contributed by atoms with Gasteiger partial charge in [0.15, 0.2) is 0 Å². The van der Waals surface area contributed by atoms with Crippen molar-refractivity contribution in [2.75, 3.05) is 0 Å². The molecule has 4 aliphatic rings. The zero-order chi connectivity index (χ0) is 15.0. The number of halogens is 1. The van der Waals surface area contributed by atoms with Crippen LogP contribution in [0.25, 0.3) is 0 Å². The smallest absolute Gasteiger partial charge is 0.0731 e. The number of hydrogen-bond donors (Lipinski definition) is 1. The van der Waals surface area contributed by atoms with Crippen LogP contribution in [0.1, 0.15) is 68.9 Å². The summed E-state index contributed by atoms with van der Waals surface area (Å²) in [6, 6.07) is 2.55. The van der Waals surface area contributed by atoms with Gasteiger partial charge in [0.05, 0.1) is 3.79 Å². The average molecular weight is 368 g/mol. The molecular formula is C18H26BrNS. The highest BCUT2D eigenvalue weighted by molar-refractivity contribution is 9.11. The topological polar surface area (TPSA) is 26.0 Å². The van der Waals surface area contributed by atoms with E-state index in [0.717, 1.165) is 5.92 Å². The summed E-state index contributed by atoms with van der Waals surface area (Å²) in [7, 11) is 0. The first-order chi connectivity index (χ1) is 9.73. The van der Waals surface area contributed by atoms with E-state index in [2.05, 4.69) is 42.8 Å². The van der Waals surface area contributed by atoms with Crippen LogP contribution >= 0.6 is 27.3 Å². The SMILES string of the molecule is Cc1cc(C(N)C23CC4CC(C)(CC(C)(C4)C2)C3)sc1Br. The molecule has 2 N–H and O–H groups in total. The molecule has 0 amide bonds. The lowest BCUT2D eigenvalue weighted by atomic mass is 9.39. The van der Waals surface area contributed by atoms with Gasteiger partial charge < -0.3 is 5.73 Å². The van der Waals surface area contributed by atoms with Gasteiger partial charge in [0, 0.05) is 10.9 Å². The summed E-state index contributed by atoms with van der Waals surface area (Å²) >= 11 is 5.54. The van der Waals surface area contributed by atoms with Gasteiger partial charge in [-0.2, -0.15) is 0 Å². The van der Waals surface area contributed by atoms with Crippen molar-refractivity contribution in [2.45, 2.75) is 65.3 Å². The summed E-state index contributed by atoms with van der Waals surface area (Å²) in [5.41, 5.74) is 9.69. The predicted molar refractivity (Wildman–Crippen MR) is 93.5 cm³/mol. The summed E-state index contributed by atoms with van der Waals surface area (Å²) in [4.78, 5) is 1.40. The molecule has 3 atom stereocenters. The van der Waals surface area contributed by atoms with Crippen molar-refractivity contribution in [1.29, 1.82) is 0 Å². The van der Waals surface area contributed by atoms with Crippen LogP contribution in [0.15, 0.2) is 9.85 Å². The normalized spacial score (nSPS) is 46.0. The van der Waals surface area contributed by atoms with Crippen molar-refractivity contribution in [3.63, 3.8) is 0 Å². The van der Waals surface area contributed by atoms with Crippen LogP contribution in [-0.2, 0) is 0 Å². The van der Waals surface area contributed by atoms with Crippen LogP contribution in [0.2, 0.25) is 0 Å². The van der Waals surface area contributed by atoms with Crippen molar-refractivity contribution < 1.29 is 0 Å². The fraction of sp³-hybridized carbons (Fsp3) is 0.778. The summed E-state index contributed by atoms with van der Waals surface area (Å²) in [5.74, 6) is 0.923. The van der Waals surface area contributed by atoms with Crippen LogP contribution in [0.5, 0.6) is 0 Å². The fourth-order valence-corrected chi connectivity index (χ4v) is 8.54. The van der Waals surface area contributed by atoms with Crippen molar-refractivity contribution in [2.24, 2.45) is 27.9 Å². The Morgan fingerprint density at radius 1 is 1.19 bits per heavy atom. The molecule has 116 valence electrons. The van der Waals surface area contributed by atoms with Gasteiger partial charge in [-0.3, -0.25) is 0 Å².